The molecule has 0 saturated heterocycles. The second-order valence-electron chi connectivity index (χ2n) is 3.94. The molecular formula is C12H21N. The minimum atomic E-state index is 0.564. The lowest BCUT2D eigenvalue weighted by molar-refractivity contribution is 0.388. The van der Waals surface area contributed by atoms with Gasteiger partial charge < -0.3 is 0 Å². The van der Waals surface area contributed by atoms with Crippen LogP contribution in [0, 0.1) is 17.8 Å². The number of nitrogens with zero attached hydrogens (tertiary/aromatic N) is 1. The van der Waals surface area contributed by atoms with E-state index < -0.39 is 0 Å². The molecule has 1 nitrogen and oxygen atoms in total. The maximum atomic E-state index is 4.23. The fraction of sp³-hybridized carbons (Fsp3) is 0.583. The minimum Gasteiger partial charge on any atom is -0.269 e. The van der Waals surface area contributed by atoms with Crippen LogP contribution in [0.25, 0.3) is 0 Å². The first-order valence-corrected chi connectivity index (χ1v) is 4.90. The van der Waals surface area contributed by atoms with Crippen molar-refractivity contribution in [3.63, 3.8) is 0 Å². The molecule has 13 heavy (non-hydrogen) atoms. The van der Waals surface area contributed by atoms with E-state index in [-0.39, 0.29) is 0 Å². The second-order valence-corrected chi connectivity index (χ2v) is 3.94. The third-order valence-corrected chi connectivity index (χ3v) is 2.11. The lowest BCUT2D eigenvalue weighted by Crippen LogP contribution is -2.16. The van der Waals surface area contributed by atoms with Gasteiger partial charge in [-0.3, -0.25) is 4.99 Å². The van der Waals surface area contributed by atoms with E-state index in [4.69, 9.17) is 0 Å². The highest BCUT2D eigenvalue weighted by Crippen LogP contribution is 2.18. The Kier molecular flexibility index (Phi) is 6.21. The Morgan fingerprint density at radius 2 is 1.62 bits per heavy atom. The first kappa shape index (κ1) is 12.2. The first-order valence-electron chi connectivity index (χ1n) is 4.90. The maximum absolute atomic E-state index is 4.23. The molecule has 1 heteroatoms. The molecule has 0 fully saturated rings. The van der Waals surface area contributed by atoms with Gasteiger partial charge in [-0.1, -0.05) is 40.3 Å². The molecule has 0 saturated carbocycles. The van der Waals surface area contributed by atoms with Crippen molar-refractivity contribution in [2.45, 2.75) is 27.7 Å². The molecule has 0 radical (unpaired) electrons. The largest absolute Gasteiger partial charge is 0.269 e. The molecule has 0 rings (SSSR count). The third-order valence-electron chi connectivity index (χ3n) is 2.11. The minimum absolute atomic E-state index is 0.564. The predicted octanol–water partition coefficient (Wildman–Crippen LogP) is 3.69. The molecule has 0 bridgehead atoms. The first-order chi connectivity index (χ1) is 6.09. The van der Waals surface area contributed by atoms with Crippen molar-refractivity contribution >= 4 is 6.21 Å². The average Bonchev–Trinajstić information content (AvgIpc) is 2.02. The average molecular weight is 179 g/mol. The molecule has 0 aliphatic carbocycles. The molecule has 0 unspecified atom stereocenters. The van der Waals surface area contributed by atoms with Crippen molar-refractivity contribution in [1.82, 2.24) is 0 Å². The van der Waals surface area contributed by atoms with Crippen LogP contribution in [0.2, 0.25) is 0 Å². The summed E-state index contributed by atoms with van der Waals surface area (Å²) < 4.78 is 0. The Bertz CT molecular complexity index is 179. The predicted molar refractivity (Wildman–Crippen MR) is 61.0 cm³/mol. The van der Waals surface area contributed by atoms with Crippen molar-refractivity contribution in [3.8, 4) is 0 Å². The van der Waals surface area contributed by atoms with Gasteiger partial charge in [-0.05, 0) is 23.8 Å². The smallest absolute Gasteiger partial charge is 0.0263 e. The summed E-state index contributed by atoms with van der Waals surface area (Å²) in [5.41, 5.74) is 0. The zero-order valence-electron chi connectivity index (χ0n) is 9.20. The normalized spacial score (nSPS) is 12.8. The molecule has 74 valence electrons. The van der Waals surface area contributed by atoms with Gasteiger partial charge in [-0.2, -0.15) is 0 Å². The number of hydrogen-bond acceptors (Lipinski definition) is 1. The monoisotopic (exact) mass is 179 g/mol. The van der Waals surface area contributed by atoms with Gasteiger partial charge >= 0.3 is 0 Å². The lowest BCUT2D eigenvalue weighted by atomic mass is 9.87. The SMILES string of the molecule is C=C/C=C\N=CC(C(C)C)C(C)C. The molecule has 0 aliphatic heterocycles. The van der Waals surface area contributed by atoms with E-state index >= 15 is 0 Å². The van der Waals surface area contributed by atoms with Crippen molar-refractivity contribution in [2.75, 3.05) is 0 Å². The van der Waals surface area contributed by atoms with Gasteiger partial charge in [0.05, 0.1) is 0 Å². The molecule has 0 aromatic rings. The maximum Gasteiger partial charge on any atom is 0.0263 e. The van der Waals surface area contributed by atoms with E-state index in [2.05, 4.69) is 39.3 Å². The standard InChI is InChI=1S/C12H21N/c1-6-7-8-13-9-12(10(2)3)11(4)5/h6-12H,1H2,2-5H3/b8-7-,13-9?. The van der Waals surface area contributed by atoms with Crippen LogP contribution in [0.5, 0.6) is 0 Å². The Morgan fingerprint density at radius 3 is 2.00 bits per heavy atom. The number of hydrogen-bond donors (Lipinski definition) is 0. The van der Waals surface area contributed by atoms with Gasteiger partial charge in [0.1, 0.15) is 0 Å². The molecular weight excluding hydrogens is 158 g/mol. The number of rotatable bonds is 5. The topological polar surface area (TPSA) is 12.4 Å². The number of allylic oxidation sites excluding steroid dienone is 2. The fourth-order valence-electron chi connectivity index (χ4n) is 1.37. The van der Waals surface area contributed by atoms with Gasteiger partial charge in [0.25, 0.3) is 0 Å². The van der Waals surface area contributed by atoms with Crippen LogP contribution in [0.3, 0.4) is 0 Å². The van der Waals surface area contributed by atoms with E-state index in [9.17, 15) is 0 Å². The van der Waals surface area contributed by atoms with Crippen molar-refractivity contribution in [1.29, 1.82) is 0 Å². The molecule has 0 aliphatic rings. The van der Waals surface area contributed by atoms with Crippen LogP contribution in [-0.4, -0.2) is 6.21 Å². The Labute approximate surface area is 82.3 Å². The van der Waals surface area contributed by atoms with Crippen LogP contribution in [0.4, 0.5) is 0 Å². The zero-order chi connectivity index (χ0) is 10.3. The highest BCUT2D eigenvalue weighted by atomic mass is 14.7. The molecule has 0 atom stereocenters. The van der Waals surface area contributed by atoms with Crippen molar-refractivity contribution in [3.05, 3.63) is 24.9 Å². The van der Waals surface area contributed by atoms with Crippen LogP contribution >= 0.6 is 0 Å². The summed E-state index contributed by atoms with van der Waals surface area (Å²) >= 11 is 0. The molecule has 0 amide bonds. The Hall–Kier alpha value is -0.850. The van der Waals surface area contributed by atoms with Crippen molar-refractivity contribution < 1.29 is 0 Å². The summed E-state index contributed by atoms with van der Waals surface area (Å²) in [5.74, 6) is 1.87. The second kappa shape index (κ2) is 6.64. The lowest BCUT2D eigenvalue weighted by Gasteiger charge is -2.19. The Balaban J connectivity index is 4.17. The van der Waals surface area contributed by atoms with E-state index in [1.165, 1.54) is 0 Å². The van der Waals surface area contributed by atoms with Crippen LogP contribution in [0.1, 0.15) is 27.7 Å². The summed E-state index contributed by atoms with van der Waals surface area (Å²) in [7, 11) is 0. The number of aliphatic imine (C=N–C) groups is 1. The van der Waals surface area contributed by atoms with E-state index in [1.807, 2.05) is 12.3 Å². The fourth-order valence-corrected chi connectivity index (χ4v) is 1.37. The Morgan fingerprint density at radius 1 is 1.08 bits per heavy atom. The zero-order valence-corrected chi connectivity index (χ0v) is 9.20. The summed E-state index contributed by atoms with van der Waals surface area (Å²) in [6, 6.07) is 0. The third kappa shape index (κ3) is 5.40. The molecule has 0 N–H and O–H groups in total. The van der Waals surface area contributed by atoms with E-state index in [0.29, 0.717) is 17.8 Å². The molecule has 0 aromatic carbocycles. The van der Waals surface area contributed by atoms with Gasteiger partial charge in [-0.15, -0.1) is 0 Å². The van der Waals surface area contributed by atoms with Crippen molar-refractivity contribution in [2.24, 2.45) is 22.7 Å². The summed E-state index contributed by atoms with van der Waals surface area (Å²) in [4.78, 5) is 4.23. The van der Waals surface area contributed by atoms with E-state index in [1.54, 1.807) is 12.3 Å². The molecule has 0 heterocycles. The summed E-state index contributed by atoms with van der Waals surface area (Å²) in [5, 5.41) is 0. The molecule has 0 aromatic heterocycles. The summed E-state index contributed by atoms with van der Waals surface area (Å²) in [6.45, 7) is 12.5. The quantitative estimate of drug-likeness (QED) is 0.451. The molecule has 0 spiro atoms. The highest BCUT2D eigenvalue weighted by molar-refractivity contribution is 5.62. The van der Waals surface area contributed by atoms with Crippen LogP contribution in [-0.2, 0) is 0 Å². The highest BCUT2D eigenvalue weighted by Gasteiger charge is 2.13. The van der Waals surface area contributed by atoms with Crippen LogP contribution < -0.4 is 0 Å². The summed E-state index contributed by atoms with van der Waals surface area (Å²) in [6.07, 6.45) is 7.39. The van der Waals surface area contributed by atoms with Gasteiger partial charge in [-0.25, -0.2) is 0 Å². The van der Waals surface area contributed by atoms with Gasteiger partial charge in [0.2, 0.25) is 0 Å². The van der Waals surface area contributed by atoms with Gasteiger partial charge in [0, 0.05) is 12.4 Å². The van der Waals surface area contributed by atoms with Gasteiger partial charge in [0.15, 0.2) is 0 Å². The van der Waals surface area contributed by atoms with Crippen LogP contribution in [0.15, 0.2) is 29.9 Å². The van der Waals surface area contributed by atoms with E-state index in [0.717, 1.165) is 0 Å².